The standard InChI is InChI=1S/C15H17F3N4O3/c16-15(17,18)10-1-4-12(13(9-10)22(24)25)20-5-7-21(8-6-20)14(23)19-11-2-3-11/h1,4,9,11H,2-3,5-8H2,(H,19,23). The molecule has 0 radical (unpaired) electrons. The molecule has 0 bridgehead atoms. The maximum absolute atomic E-state index is 12.8. The van der Waals surface area contributed by atoms with Crippen molar-refractivity contribution in [3.63, 3.8) is 0 Å². The number of amides is 2. The molecule has 2 fully saturated rings. The number of urea groups is 1. The zero-order valence-electron chi connectivity index (χ0n) is 13.3. The van der Waals surface area contributed by atoms with Crippen molar-refractivity contribution >= 4 is 17.4 Å². The Morgan fingerprint density at radius 2 is 1.84 bits per heavy atom. The number of carbonyl (C=O) groups is 1. The Morgan fingerprint density at radius 3 is 2.36 bits per heavy atom. The molecular weight excluding hydrogens is 341 g/mol. The Bertz CT molecular complexity index is 683. The number of anilines is 1. The van der Waals surface area contributed by atoms with Gasteiger partial charge in [-0.2, -0.15) is 13.2 Å². The zero-order valence-corrected chi connectivity index (χ0v) is 13.3. The number of hydrogen-bond donors (Lipinski definition) is 1. The van der Waals surface area contributed by atoms with Gasteiger partial charge < -0.3 is 15.1 Å². The highest BCUT2D eigenvalue weighted by Crippen LogP contribution is 2.36. The fourth-order valence-electron chi connectivity index (χ4n) is 2.76. The molecule has 25 heavy (non-hydrogen) atoms. The SMILES string of the molecule is O=C(NC1CC1)N1CCN(c2ccc(C(F)(F)F)cc2[N+](=O)[O-])CC1. The number of piperazine rings is 1. The van der Waals surface area contributed by atoms with Gasteiger partial charge in [-0.25, -0.2) is 4.79 Å². The molecule has 2 amide bonds. The minimum Gasteiger partial charge on any atom is -0.362 e. The molecule has 3 rings (SSSR count). The van der Waals surface area contributed by atoms with Crippen molar-refractivity contribution in [2.75, 3.05) is 31.1 Å². The van der Waals surface area contributed by atoms with Gasteiger partial charge in [-0.05, 0) is 25.0 Å². The van der Waals surface area contributed by atoms with Crippen molar-refractivity contribution in [2.45, 2.75) is 25.1 Å². The number of benzene rings is 1. The first-order valence-corrected chi connectivity index (χ1v) is 7.92. The van der Waals surface area contributed by atoms with E-state index in [2.05, 4.69) is 5.32 Å². The highest BCUT2D eigenvalue weighted by atomic mass is 19.4. The first kappa shape index (κ1) is 17.3. The summed E-state index contributed by atoms with van der Waals surface area (Å²) in [5, 5.41) is 14.0. The van der Waals surface area contributed by atoms with Crippen LogP contribution in [0.15, 0.2) is 18.2 Å². The average molecular weight is 358 g/mol. The molecule has 1 aliphatic carbocycles. The maximum atomic E-state index is 12.8. The average Bonchev–Trinajstić information content (AvgIpc) is 3.37. The molecule has 1 saturated carbocycles. The second-order valence-corrected chi connectivity index (χ2v) is 6.16. The fourth-order valence-corrected chi connectivity index (χ4v) is 2.76. The first-order valence-electron chi connectivity index (χ1n) is 7.92. The quantitative estimate of drug-likeness (QED) is 0.665. The third-order valence-corrected chi connectivity index (χ3v) is 4.31. The Morgan fingerprint density at radius 1 is 1.20 bits per heavy atom. The molecule has 1 saturated heterocycles. The van der Waals surface area contributed by atoms with Crippen LogP contribution < -0.4 is 10.2 Å². The van der Waals surface area contributed by atoms with Gasteiger partial charge in [0.15, 0.2) is 0 Å². The van der Waals surface area contributed by atoms with Gasteiger partial charge >= 0.3 is 12.2 Å². The number of hydrogen-bond acceptors (Lipinski definition) is 4. The van der Waals surface area contributed by atoms with E-state index < -0.39 is 22.4 Å². The van der Waals surface area contributed by atoms with Crippen LogP contribution in [-0.4, -0.2) is 48.1 Å². The Balaban J connectivity index is 1.71. The number of nitrogens with one attached hydrogen (secondary N) is 1. The number of nitro groups is 1. The van der Waals surface area contributed by atoms with Crippen molar-refractivity contribution in [1.82, 2.24) is 10.2 Å². The van der Waals surface area contributed by atoms with E-state index in [0.29, 0.717) is 32.2 Å². The zero-order chi connectivity index (χ0) is 18.2. The number of nitro benzene ring substituents is 1. The van der Waals surface area contributed by atoms with Crippen molar-refractivity contribution in [1.29, 1.82) is 0 Å². The van der Waals surface area contributed by atoms with Crippen molar-refractivity contribution < 1.29 is 22.9 Å². The van der Waals surface area contributed by atoms with Crippen LogP contribution in [0.2, 0.25) is 0 Å². The van der Waals surface area contributed by atoms with E-state index in [4.69, 9.17) is 0 Å². The maximum Gasteiger partial charge on any atom is 0.416 e. The summed E-state index contributed by atoms with van der Waals surface area (Å²) in [6.07, 6.45) is -2.68. The molecule has 1 aromatic rings. The van der Waals surface area contributed by atoms with Crippen molar-refractivity contribution in [2.24, 2.45) is 0 Å². The minimum absolute atomic E-state index is 0.139. The van der Waals surface area contributed by atoms with Gasteiger partial charge in [0.2, 0.25) is 0 Å². The lowest BCUT2D eigenvalue weighted by molar-refractivity contribution is -0.384. The topological polar surface area (TPSA) is 78.7 Å². The van der Waals surface area contributed by atoms with Gasteiger partial charge in [0.1, 0.15) is 5.69 Å². The number of rotatable bonds is 3. The van der Waals surface area contributed by atoms with E-state index >= 15 is 0 Å². The van der Waals surface area contributed by atoms with E-state index in [-0.39, 0.29) is 17.8 Å². The highest BCUT2D eigenvalue weighted by Gasteiger charge is 2.34. The highest BCUT2D eigenvalue weighted by molar-refractivity contribution is 5.75. The lowest BCUT2D eigenvalue weighted by Gasteiger charge is -2.35. The molecule has 1 heterocycles. The molecule has 1 N–H and O–H groups in total. The van der Waals surface area contributed by atoms with Crippen LogP contribution >= 0.6 is 0 Å². The summed E-state index contributed by atoms with van der Waals surface area (Å²) in [6, 6.07) is 2.60. The molecule has 2 aliphatic rings. The van der Waals surface area contributed by atoms with Crippen LogP contribution in [-0.2, 0) is 6.18 Å². The van der Waals surface area contributed by atoms with Crippen LogP contribution in [0.1, 0.15) is 18.4 Å². The smallest absolute Gasteiger partial charge is 0.362 e. The van der Waals surface area contributed by atoms with E-state index in [0.717, 1.165) is 25.0 Å². The number of nitrogens with zero attached hydrogens (tertiary/aromatic N) is 3. The van der Waals surface area contributed by atoms with Crippen LogP contribution in [0, 0.1) is 10.1 Å². The summed E-state index contributed by atoms with van der Waals surface area (Å²) < 4.78 is 38.3. The second kappa shape index (κ2) is 6.41. The molecule has 10 heteroatoms. The van der Waals surface area contributed by atoms with Crippen molar-refractivity contribution in [3.8, 4) is 0 Å². The molecule has 0 aromatic heterocycles. The Kier molecular flexibility index (Phi) is 4.44. The Hall–Kier alpha value is -2.52. The van der Waals surface area contributed by atoms with Gasteiger partial charge in [0.25, 0.3) is 5.69 Å². The number of carbonyl (C=O) groups excluding carboxylic acids is 1. The predicted octanol–water partition coefficient (Wildman–Crippen LogP) is 2.61. The monoisotopic (exact) mass is 358 g/mol. The normalized spacial score (nSPS) is 18.2. The molecule has 0 unspecified atom stereocenters. The van der Waals surface area contributed by atoms with E-state index in [1.165, 1.54) is 0 Å². The number of alkyl halides is 3. The molecule has 0 spiro atoms. The summed E-state index contributed by atoms with van der Waals surface area (Å²) in [4.78, 5) is 25.6. The molecule has 1 aliphatic heterocycles. The number of halogens is 3. The van der Waals surface area contributed by atoms with Gasteiger partial charge in [-0.1, -0.05) is 0 Å². The van der Waals surface area contributed by atoms with Crippen LogP contribution in [0.25, 0.3) is 0 Å². The van der Waals surface area contributed by atoms with E-state index in [9.17, 15) is 28.1 Å². The largest absolute Gasteiger partial charge is 0.416 e. The molecule has 7 nitrogen and oxygen atoms in total. The fraction of sp³-hybridized carbons (Fsp3) is 0.533. The Labute approximate surface area is 141 Å². The summed E-state index contributed by atoms with van der Waals surface area (Å²) in [5.74, 6) is 0. The molecular formula is C15H17F3N4O3. The van der Waals surface area contributed by atoms with E-state index in [1.807, 2.05) is 0 Å². The summed E-state index contributed by atoms with van der Waals surface area (Å²) in [6.45, 7) is 1.36. The predicted molar refractivity (Wildman–Crippen MR) is 83.4 cm³/mol. The first-order chi connectivity index (χ1) is 11.8. The minimum atomic E-state index is -4.64. The van der Waals surface area contributed by atoms with Crippen LogP contribution in [0.5, 0.6) is 0 Å². The lowest BCUT2D eigenvalue weighted by Crippen LogP contribution is -2.52. The molecule has 1 aromatic carbocycles. The summed E-state index contributed by atoms with van der Waals surface area (Å²) >= 11 is 0. The van der Waals surface area contributed by atoms with Gasteiger partial charge in [0.05, 0.1) is 10.5 Å². The second-order valence-electron chi connectivity index (χ2n) is 6.16. The summed E-state index contributed by atoms with van der Waals surface area (Å²) in [7, 11) is 0. The molecule has 136 valence electrons. The van der Waals surface area contributed by atoms with E-state index in [1.54, 1.807) is 9.80 Å². The molecule has 0 atom stereocenters. The van der Waals surface area contributed by atoms with Gasteiger partial charge in [-0.3, -0.25) is 10.1 Å². The van der Waals surface area contributed by atoms with Gasteiger partial charge in [0, 0.05) is 38.3 Å². The van der Waals surface area contributed by atoms with Crippen LogP contribution in [0.4, 0.5) is 29.3 Å². The van der Waals surface area contributed by atoms with Crippen molar-refractivity contribution in [3.05, 3.63) is 33.9 Å². The lowest BCUT2D eigenvalue weighted by atomic mass is 10.1. The third kappa shape index (κ3) is 3.94. The summed E-state index contributed by atoms with van der Waals surface area (Å²) in [5.41, 5.74) is -1.49. The van der Waals surface area contributed by atoms with Gasteiger partial charge in [-0.15, -0.1) is 0 Å². The third-order valence-electron chi connectivity index (χ3n) is 4.31. The van der Waals surface area contributed by atoms with Crippen LogP contribution in [0.3, 0.4) is 0 Å².